The maximum absolute atomic E-state index is 13.5. The lowest BCUT2D eigenvalue weighted by Gasteiger charge is -2.36. The minimum Gasteiger partial charge on any atom is -0.324 e. The predicted octanol–water partition coefficient (Wildman–Crippen LogP) is 8.76. The van der Waals surface area contributed by atoms with Crippen LogP contribution in [-0.2, 0) is 26.2 Å². The highest BCUT2D eigenvalue weighted by Crippen LogP contribution is 2.60. The molecule has 0 heterocycles. The molecule has 0 saturated carbocycles. The zero-order valence-electron chi connectivity index (χ0n) is 24.6. The number of hydrogen-bond donors (Lipinski definition) is 2. The number of aryl methyl sites for hydroxylation is 2. The monoisotopic (exact) mass is 500 g/mol. The molecule has 0 spiro atoms. The quantitative estimate of drug-likeness (QED) is 0.414. The third kappa shape index (κ3) is 6.48. The van der Waals surface area contributed by atoms with Crippen molar-refractivity contribution in [1.29, 1.82) is 0 Å². The zero-order chi connectivity index (χ0) is 27.5. The first-order chi connectivity index (χ1) is 15.4. The fourth-order valence-corrected chi connectivity index (χ4v) is 6.27. The van der Waals surface area contributed by atoms with E-state index in [1.165, 1.54) is 11.1 Å². The molecule has 0 atom stereocenters. The van der Waals surface area contributed by atoms with Gasteiger partial charge in [-0.15, -0.1) is 0 Å². The first kappa shape index (κ1) is 29.8. The maximum atomic E-state index is 13.5. The maximum Gasteiger partial charge on any atom is 0.337 e. The van der Waals surface area contributed by atoms with Gasteiger partial charge in [0.25, 0.3) is 0 Å². The van der Waals surface area contributed by atoms with Crippen molar-refractivity contribution >= 4 is 7.60 Å². The normalized spacial score (nSPS) is 14.1. The minimum absolute atomic E-state index is 0.0677. The summed E-state index contributed by atoms with van der Waals surface area (Å²) >= 11 is 0. The molecular weight excluding hydrogens is 451 g/mol. The molecule has 35 heavy (non-hydrogen) atoms. The molecule has 0 aromatic heterocycles. The average molecular weight is 501 g/mol. The molecule has 0 aliphatic carbocycles. The summed E-state index contributed by atoms with van der Waals surface area (Å²) in [6, 6.07) is 8.62. The molecule has 0 unspecified atom stereocenters. The molecular formula is C31H49O3P. The van der Waals surface area contributed by atoms with Crippen molar-refractivity contribution in [3.63, 3.8) is 0 Å². The van der Waals surface area contributed by atoms with Crippen LogP contribution in [0.3, 0.4) is 0 Å². The summed E-state index contributed by atoms with van der Waals surface area (Å²) in [7, 11) is -4.58. The van der Waals surface area contributed by atoms with E-state index in [0.717, 1.165) is 33.4 Å². The van der Waals surface area contributed by atoms with Crippen molar-refractivity contribution in [2.75, 3.05) is 0 Å². The van der Waals surface area contributed by atoms with Crippen LogP contribution < -0.4 is 0 Å². The van der Waals surface area contributed by atoms with Gasteiger partial charge in [0.2, 0.25) is 0 Å². The van der Waals surface area contributed by atoms with Crippen LogP contribution in [-0.4, -0.2) is 9.79 Å². The summed E-state index contributed by atoms with van der Waals surface area (Å²) in [5, 5.41) is 0. The van der Waals surface area contributed by atoms with E-state index in [-0.39, 0.29) is 21.7 Å². The van der Waals surface area contributed by atoms with Gasteiger partial charge in [-0.05, 0) is 80.0 Å². The minimum atomic E-state index is -4.58. The largest absolute Gasteiger partial charge is 0.337 e. The lowest BCUT2D eigenvalue weighted by atomic mass is 9.72. The van der Waals surface area contributed by atoms with Gasteiger partial charge >= 0.3 is 7.60 Å². The van der Waals surface area contributed by atoms with E-state index < -0.39 is 13.3 Å². The Morgan fingerprint density at radius 3 is 1.06 bits per heavy atom. The average Bonchev–Trinajstić information content (AvgIpc) is 2.59. The van der Waals surface area contributed by atoms with Crippen LogP contribution in [0.5, 0.6) is 0 Å². The Labute approximate surface area is 214 Å². The second kappa shape index (κ2) is 9.16. The number of hydrogen-bond acceptors (Lipinski definition) is 1. The van der Waals surface area contributed by atoms with Crippen LogP contribution in [0.15, 0.2) is 24.3 Å². The van der Waals surface area contributed by atoms with Crippen LogP contribution in [0.1, 0.15) is 133 Å². The molecule has 0 aliphatic heterocycles. The third-order valence-corrected chi connectivity index (χ3v) is 8.19. The first-order valence-electron chi connectivity index (χ1n) is 12.7. The van der Waals surface area contributed by atoms with Crippen LogP contribution in [0.4, 0.5) is 0 Å². The van der Waals surface area contributed by atoms with Gasteiger partial charge in [-0.1, -0.05) is 107 Å². The second-order valence-electron chi connectivity index (χ2n) is 14.5. The lowest BCUT2D eigenvalue weighted by molar-refractivity contribution is 0.363. The summed E-state index contributed by atoms with van der Waals surface area (Å²) in [5.41, 5.74) is 6.10. The Morgan fingerprint density at radius 2 is 0.857 bits per heavy atom. The van der Waals surface area contributed by atoms with E-state index in [0.29, 0.717) is 0 Å². The summed E-state index contributed by atoms with van der Waals surface area (Å²) in [6.07, 6.45) is 0. The van der Waals surface area contributed by atoms with Crippen LogP contribution >= 0.6 is 7.60 Å². The molecule has 0 saturated heterocycles. The van der Waals surface area contributed by atoms with Gasteiger partial charge in [0.05, 0.1) is 0 Å². The fraction of sp³-hybridized carbons (Fsp3) is 0.613. The van der Waals surface area contributed by atoms with Crippen molar-refractivity contribution < 1.29 is 14.4 Å². The van der Waals surface area contributed by atoms with Crippen LogP contribution in [0.2, 0.25) is 0 Å². The van der Waals surface area contributed by atoms with E-state index in [1.807, 2.05) is 13.8 Å². The highest BCUT2D eigenvalue weighted by molar-refractivity contribution is 7.52. The molecule has 0 fully saturated rings. The Bertz CT molecular complexity index is 1060. The summed E-state index contributed by atoms with van der Waals surface area (Å²) in [4.78, 5) is 22.0. The van der Waals surface area contributed by atoms with Crippen molar-refractivity contribution in [2.24, 2.45) is 0 Å². The van der Waals surface area contributed by atoms with Gasteiger partial charge in [0.15, 0.2) is 0 Å². The second-order valence-corrected chi connectivity index (χ2v) is 16.2. The van der Waals surface area contributed by atoms with E-state index in [1.54, 1.807) is 0 Å². The molecule has 2 N–H and O–H groups in total. The predicted molar refractivity (Wildman–Crippen MR) is 151 cm³/mol. The zero-order valence-corrected chi connectivity index (χ0v) is 25.5. The van der Waals surface area contributed by atoms with E-state index in [9.17, 15) is 14.4 Å². The van der Waals surface area contributed by atoms with Gasteiger partial charge in [-0.2, -0.15) is 0 Å². The number of rotatable bonds is 3. The van der Waals surface area contributed by atoms with Crippen molar-refractivity contribution in [3.05, 3.63) is 68.8 Å². The van der Waals surface area contributed by atoms with Gasteiger partial charge in [0.1, 0.15) is 5.66 Å². The molecule has 0 radical (unpaired) electrons. The molecule has 0 bridgehead atoms. The molecule has 2 aromatic rings. The SMILES string of the molecule is Cc1cc(C(C)(C)C)cc(C(C)(C)C)c1C(c1c(C)cc(C(C)(C)C)cc1C(C)(C)C)P(=O)(O)O. The van der Waals surface area contributed by atoms with Crippen molar-refractivity contribution in [3.8, 4) is 0 Å². The highest BCUT2D eigenvalue weighted by atomic mass is 31.2. The summed E-state index contributed by atoms with van der Waals surface area (Å²) < 4.78 is 13.5. The van der Waals surface area contributed by atoms with Crippen molar-refractivity contribution in [2.45, 2.75) is 124 Å². The molecule has 3 nitrogen and oxygen atoms in total. The molecule has 2 rings (SSSR count). The molecule has 196 valence electrons. The highest BCUT2D eigenvalue weighted by Gasteiger charge is 2.41. The first-order valence-corrected chi connectivity index (χ1v) is 14.4. The van der Waals surface area contributed by atoms with Crippen LogP contribution in [0, 0.1) is 13.8 Å². The Morgan fingerprint density at radius 1 is 0.571 bits per heavy atom. The summed E-state index contributed by atoms with van der Waals surface area (Å²) in [6.45, 7) is 29.9. The third-order valence-electron chi connectivity index (χ3n) is 7.01. The van der Waals surface area contributed by atoms with Gasteiger partial charge in [0, 0.05) is 0 Å². The van der Waals surface area contributed by atoms with Crippen molar-refractivity contribution in [1.82, 2.24) is 0 Å². The Kier molecular flexibility index (Phi) is 7.80. The smallest absolute Gasteiger partial charge is 0.324 e. The van der Waals surface area contributed by atoms with E-state index in [2.05, 4.69) is 107 Å². The van der Waals surface area contributed by atoms with Gasteiger partial charge < -0.3 is 9.79 Å². The molecule has 0 aliphatic rings. The van der Waals surface area contributed by atoms with Gasteiger partial charge in [-0.3, -0.25) is 4.57 Å². The summed E-state index contributed by atoms with van der Waals surface area (Å²) in [5.74, 6) is 0. The Balaban J connectivity index is 3.13. The fourth-order valence-electron chi connectivity index (χ4n) is 4.91. The standard InChI is InChI=1S/C31H49O3P/c1-19-15-21(28(3,4)5)17-23(30(9,10)11)25(19)27(35(32,33)34)26-20(2)16-22(29(6,7)8)18-24(26)31(12,13)14/h15-18,27H,1-14H3,(H2,32,33,34). The topological polar surface area (TPSA) is 57.5 Å². The Hall–Kier alpha value is -1.41. The molecule has 2 aromatic carbocycles. The van der Waals surface area contributed by atoms with Crippen LogP contribution in [0.25, 0.3) is 0 Å². The molecule has 0 amide bonds. The number of benzene rings is 2. The van der Waals surface area contributed by atoms with Gasteiger partial charge in [-0.25, -0.2) is 0 Å². The lowest BCUT2D eigenvalue weighted by Crippen LogP contribution is -2.25. The van der Waals surface area contributed by atoms with E-state index >= 15 is 0 Å². The van der Waals surface area contributed by atoms with E-state index in [4.69, 9.17) is 0 Å². The molecule has 4 heteroatoms.